The van der Waals surface area contributed by atoms with Gasteiger partial charge < -0.3 is 0 Å². The number of nitro benzene ring substituents is 1. The molecule has 2 N–H and O–H groups in total. The minimum absolute atomic E-state index is 0.00140. The normalized spacial score (nSPS) is 11.3. The van der Waals surface area contributed by atoms with Gasteiger partial charge in [0.15, 0.2) is 0 Å². The molecule has 0 aliphatic heterocycles. The summed E-state index contributed by atoms with van der Waals surface area (Å²) in [6.45, 7) is 0. The predicted molar refractivity (Wildman–Crippen MR) is 97.6 cm³/mol. The maximum Gasteiger partial charge on any atom is 0.289 e. The molecule has 0 unspecified atom stereocenters. The van der Waals surface area contributed by atoms with Gasteiger partial charge in [-0.2, -0.15) is 0 Å². The van der Waals surface area contributed by atoms with Gasteiger partial charge in [0.25, 0.3) is 21.6 Å². The number of aromatic nitrogens is 1. The molecular formula is C16H11ClN4O5S. The van der Waals surface area contributed by atoms with E-state index in [2.05, 4.69) is 4.98 Å². The second-order valence-electron chi connectivity index (χ2n) is 5.32. The van der Waals surface area contributed by atoms with Crippen molar-refractivity contribution in [2.75, 3.05) is 0 Å². The Morgan fingerprint density at radius 2 is 1.85 bits per heavy atom. The van der Waals surface area contributed by atoms with Crippen molar-refractivity contribution >= 4 is 44.1 Å². The van der Waals surface area contributed by atoms with Crippen molar-refractivity contribution in [1.29, 1.82) is 0 Å². The molecule has 27 heavy (non-hydrogen) atoms. The summed E-state index contributed by atoms with van der Waals surface area (Å²) < 4.78 is 24.5. The van der Waals surface area contributed by atoms with Gasteiger partial charge in [-0.25, -0.2) is 13.4 Å². The molecule has 0 aliphatic rings. The number of nitrogens with zero attached hydrogens (tertiary/aromatic N) is 2. The van der Waals surface area contributed by atoms with E-state index in [0.717, 1.165) is 23.6 Å². The van der Waals surface area contributed by atoms with Gasteiger partial charge in [0.1, 0.15) is 10.7 Å². The molecule has 2 aromatic carbocycles. The van der Waals surface area contributed by atoms with Crippen LogP contribution in [0.3, 0.4) is 0 Å². The molecule has 9 nitrogen and oxygen atoms in total. The van der Waals surface area contributed by atoms with Crippen LogP contribution in [0, 0.1) is 10.1 Å². The number of hydrazine groups is 1. The summed E-state index contributed by atoms with van der Waals surface area (Å²) in [5.41, 5.74) is 2.03. The minimum Gasteiger partial charge on any atom is -0.272 e. The fraction of sp³-hybridized carbons (Fsp3) is 0. The third-order valence-electron chi connectivity index (χ3n) is 3.55. The molecule has 3 aromatic rings. The highest BCUT2D eigenvalue weighted by Gasteiger charge is 2.21. The molecule has 11 heteroatoms. The Hall–Kier alpha value is -3.08. The fourth-order valence-corrected chi connectivity index (χ4v) is 3.27. The largest absolute Gasteiger partial charge is 0.289 e. The van der Waals surface area contributed by atoms with Crippen molar-refractivity contribution in [2.45, 2.75) is 4.90 Å². The standard InChI is InChI=1S/C16H11ClN4O5S/c17-12-7-6-11(9-15(12)21(23)24)27(25,26)20-19-16(22)14-8-5-10-3-1-2-4-13(10)18-14/h1-9,20H,(H,19,22). The maximum absolute atomic E-state index is 12.3. The van der Waals surface area contributed by atoms with E-state index in [9.17, 15) is 23.3 Å². The van der Waals surface area contributed by atoms with Gasteiger partial charge in [-0.1, -0.05) is 35.9 Å². The van der Waals surface area contributed by atoms with E-state index >= 15 is 0 Å². The van der Waals surface area contributed by atoms with Crippen LogP contribution in [0.5, 0.6) is 0 Å². The third-order valence-corrected chi connectivity index (χ3v) is 5.12. The van der Waals surface area contributed by atoms with Crippen LogP contribution >= 0.6 is 11.6 Å². The van der Waals surface area contributed by atoms with Gasteiger partial charge >= 0.3 is 0 Å². The van der Waals surface area contributed by atoms with Crippen LogP contribution < -0.4 is 10.3 Å². The van der Waals surface area contributed by atoms with Crippen molar-refractivity contribution < 1.29 is 18.1 Å². The number of hydrogen-bond donors (Lipinski definition) is 2. The van der Waals surface area contributed by atoms with Crippen molar-refractivity contribution in [1.82, 2.24) is 15.2 Å². The zero-order valence-electron chi connectivity index (χ0n) is 13.4. The molecule has 0 saturated carbocycles. The topological polar surface area (TPSA) is 131 Å². The smallest absolute Gasteiger partial charge is 0.272 e. The van der Waals surface area contributed by atoms with E-state index in [-0.39, 0.29) is 10.7 Å². The first-order chi connectivity index (χ1) is 12.8. The maximum atomic E-state index is 12.3. The molecule has 138 valence electrons. The Morgan fingerprint density at radius 3 is 2.59 bits per heavy atom. The number of hydrogen-bond acceptors (Lipinski definition) is 6. The van der Waals surface area contributed by atoms with E-state index in [0.29, 0.717) is 5.52 Å². The van der Waals surface area contributed by atoms with Crippen LogP contribution in [-0.2, 0) is 10.0 Å². The third kappa shape index (κ3) is 4.03. The summed E-state index contributed by atoms with van der Waals surface area (Å²) in [6, 6.07) is 13.2. The highest BCUT2D eigenvalue weighted by atomic mass is 35.5. The number of para-hydroxylation sites is 1. The zero-order valence-corrected chi connectivity index (χ0v) is 15.0. The molecule has 0 radical (unpaired) electrons. The summed E-state index contributed by atoms with van der Waals surface area (Å²) >= 11 is 5.66. The molecule has 1 heterocycles. The first-order valence-corrected chi connectivity index (χ1v) is 9.26. The lowest BCUT2D eigenvalue weighted by molar-refractivity contribution is -0.384. The van der Waals surface area contributed by atoms with Crippen LogP contribution in [0.4, 0.5) is 5.69 Å². The summed E-state index contributed by atoms with van der Waals surface area (Å²) in [7, 11) is -4.25. The molecule has 1 amide bonds. The fourth-order valence-electron chi connectivity index (χ4n) is 2.23. The Labute approximate surface area is 158 Å². The van der Waals surface area contributed by atoms with E-state index in [1.54, 1.807) is 18.2 Å². The monoisotopic (exact) mass is 406 g/mol. The molecular weight excluding hydrogens is 396 g/mol. The van der Waals surface area contributed by atoms with Gasteiger partial charge in [0.05, 0.1) is 15.3 Å². The van der Waals surface area contributed by atoms with Crippen LogP contribution in [0.15, 0.2) is 59.5 Å². The number of fused-ring (bicyclic) bond motifs is 1. The first kappa shape index (κ1) is 18.7. The molecule has 0 atom stereocenters. The van der Waals surface area contributed by atoms with Crippen LogP contribution in [-0.4, -0.2) is 24.2 Å². The summed E-state index contributed by atoms with van der Waals surface area (Å²) in [4.78, 5) is 27.8. The van der Waals surface area contributed by atoms with Crippen molar-refractivity contribution in [3.63, 3.8) is 0 Å². The highest BCUT2D eigenvalue weighted by molar-refractivity contribution is 7.89. The van der Waals surface area contributed by atoms with Gasteiger partial charge in [-0.3, -0.25) is 20.3 Å². The van der Waals surface area contributed by atoms with Crippen molar-refractivity contribution in [3.8, 4) is 0 Å². The second-order valence-corrected chi connectivity index (χ2v) is 7.41. The minimum atomic E-state index is -4.25. The number of carbonyl (C=O) groups excluding carboxylic acids is 1. The molecule has 1 aromatic heterocycles. The lowest BCUT2D eigenvalue weighted by atomic mass is 10.2. The molecule has 0 fully saturated rings. The molecule has 0 spiro atoms. The lowest BCUT2D eigenvalue weighted by Gasteiger charge is -2.09. The number of nitrogens with one attached hydrogen (secondary N) is 2. The number of nitro groups is 1. The molecule has 0 bridgehead atoms. The number of benzene rings is 2. The van der Waals surface area contributed by atoms with Gasteiger partial charge in [0.2, 0.25) is 0 Å². The SMILES string of the molecule is O=C(NNS(=O)(=O)c1ccc(Cl)c([N+](=O)[O-])c1)c1ccc2ccccc2n1. The number of pyridine rings is 1. The van der Waals surface area contributed by atoms with Gasteiger partial charge in [-0.15, -0.1) is 4.83 Å². The number of halogens is 1. The second kappa shape index (κ2) is 7.27. The van der Waals surface area contributed by atoms with Crippen LogP contribution in [0.1, 0.15) is 10.5 Å². The Balaban J connectivity index is 1.79. The zero-order chi connectivity index (χ0) is 19.6. The first-order valence-electron chi connectivity index (χ1n) is 7.40. The average Bonchev–Trinajstić information content (AvgIpc) is 2.65. The van der Waals surface area contributed by atoms with Crippen LogP contribution in [0.25, 0.3) is 10.9 Å². The number of sulfonamides is 1. The van der Waals surface area contributed by atoms with Crippen LogP contribution in [0.2, 0.25) is 5.02 Å². The number of carbonyl (C=O) groups is 1. The Morgan fingerprint density at radius 1 is 1.11 bits per heavy atom. The van der Waals surface area contributed by atoms with Gasteiger partial charge in [0, 0.05) is 11.5 Å². The number of rotatable bonds is 5. The summed E-state index contributed by atoms with van der Waals surface area (Å²) in [5.74, 6) is -0.784. The van der Waals surface area contributed by atoms with Crippen molar-refractivity contribution in [2.24, 2.45) is 0 Å². The lowest BCUT2D eigenvalue weighted by Crippen LogP contribution is -2.41. The van der Waals surface area contributed by atoms with Crippen molar-refractivity contribution in [3.05, 3.63) is 75.4 Å². The van der Waals surface area contributed by atoms with E-state index in [4.69, 9.17) is 11.6 Å². The highest BCUT2D eigenvalue weighted by Crippen LogP contribution is 2.26. The van der Waals surface area contributed by atoms with E-state index in [1.807, 2.05) is 22.4 Å². The predicted octanol–water partition coefficient (Wildman–Crippen LogP) is 2.42. The quantitative estimate of drug-likeness (QED) is 0.494. The Kier molecular flexibility index (Phi) is 5.04. The Bertz CT molecular complexity index is 1170. The van der Waals surface area contributed by atoms with E-state index in [1.165, 1.54) is 6.07 Å². The molecule has 3 rings (SSSR count). The summed E-state index contributed by atoms with van der Waals surface area (Å²) in [6.07, 6.45) is 0. The average molecular weight is 407 g/mol. The molecule has 0 aliphatic carbocycles. The number of amides is 1. The van der Waals surface area contributed by atoms with E-state index < -0.39 is 31.4 Å². The van der Waals surface area contributed by atoms with Gasteiger partial charge in [-0.05, 0) is 24.3 Å². The molecule has 0 saturated heterocycles. The summed E-state index contributed by atoms with van der Waals surface area (Å²) in [5, 5.41) is 11.5.